The van der Waals surface area contributed by atoms with Crippen LogP contribution in [0.1, 0.15) is 83.8 Å². The number of benzene rings is 1. The van der Waals surface area contributed by atoms with Crippen molar-refractivity contribution in [2.45, 2.75) is 62.8 Å². The fourth-order valence-electron chi connectivity index (χ4n) is 5.40. The molecular formula is C27H32N4O2. The summed E-state index contributed by atoms with van der Waals surface area (Å²) in [5.41, 5.74) is 4.54. The molecule has 4 aliphatic rings. The van der Waals surface area contributed by atoms with E-state index in [-0.39, 0.29) is 23.8 Å². The highest BCUT2D eigenvalue weighted by molar-refractivity contribution is 5.94. The zero-order chi connectivity index (χ0) is 22.5. The van der Waals surface area contributed by atoms with E-state index in [2.05, 4.69) is 22.5 Å². The maximum Gasteiger partial charge on any atom is 0.253 e. The van der Waals surface area contributed by atoms with Crippen molar-refractivity contribution in [2.75, 3.05) is 31.1 Å². The van der Waals surface area contributed by atoms with Crippen LogP contribution in [0.3, 0.4) is 0 Å². The summed E-state index contributed by atoms with van der Waals surface area (Å²) in [6.45, 7) is 5.08. The first-order chi connectivity index (χ1) is 16.1. The third kappa shape index (κ3) is 4.11. The van der Waals surface area contributed by atoms with Crippen LogP contribution in [0, 0.1) is 0 Å². The Balaban J connectivity index is 1.11. The lowest BCUT2D eigenvalue weighted by Gasteiger charge is -2.36. The molecule has 2 saturated heterocycles. The highest BCUT2D eigenvalue weighted by Gasteiger charge is 2.33. The number of piperazine rings is 1. The van der Waals surface area contributed by atoms with Crippen LogP contribution in [0.5, 0.6) is 0 Å². The molecule has 1 unspecified atom stereocenters. The Hall–Kier alpha value is -2.89. The molecule has 3 heterocycles. The van der Waals surface area contributed by atoms with Crippen LogP contribution in [-0.4, -0.2) is 53.9 Å². The molecule has 0 spiro atoms. The van der Waals surface area contributed by atoms with Gasteiger partial charge in [0.1, 0.15) is 5.82 Å². The topological polar surface area (TPSA) is 65.5 Å². The number of hydrogen-bond acceptors (Lipinski definition) is 4. The van der Waals surface area contributed by atoms with Crippen LogP contribution in [0.15, 0.2) is 36.5 Å². The number of aromatic nitrogens is 1. The molecule has 33 heavy (non-hydrogen) atoms. The smallest absolute Gasteiger partial charge is 0.253 e. The van der Waals surface area contributed by atoms with Crippen molar-refractivity contribution in [3.05, 3.63) is 58.8 Å². The van der Waals surface area contributed by atoms with E-state index < -0.39 is 0 Å². The molecule has 6 rings (SSSR count). The van der Waals surface area contributed by atoms with E-state index in [0.717, 1.165) is 36.8 Å². The van der Waals surface area contributed by atoms with Crippen LogP contribution >= 0.6 is 0 Å². The number of nitrogens with one attached hydrogen (secondary N) is 1. The van der Waals surface area contributed by atoms with E-state index in [1.54, 1.807) is 0 Å². The summed E-state index contributed by atoms with van der Waals surface area (Å²) >= 11 is 0. The van der Waals surface area contributed by atoms with Crippen molar-refractivity contribution in [1.29, 1.82) is 0 Å². The number of hydrogen-bond donors (Lipinski definition) is 1. The van der Waals surface area contributed by atoms with Gasteiger partial charge in [0.05, 0.1) is 5.92 Å². The summed E-state index contributed by atoms with van der Waals surface area (Å²) in [4.78, 5) is 34.5. The molecule has 2 saturated carbocycles. The molecule has 1 aromatic heterocycles. The first-order valence-corrected chi connectivity index (χ1v) is 12.5. The van der Waals surface area contributed by atoms with Gasteiger partial charge in [-0.25, -0.2) is 4.98 Å². The van der Waals surface area contributed by atoms with E-state index in [0.29, 0.717) is 24.6 Å². The highest BCUT2D eigenvalue weighted by atomic mass is 16.2. The Kier molecular flexibility index (Phi) is 5.11. The minimum absolute atomic E-state index is 0.0740. The van der Waals surface area contributed by atoms with Crippen molar-refractivity contribution in [3.63, 3.8) is 0 Å². The molecule has 0 radical (unpaired) electrons. The molecule has 2 atom stereocenters. The van der Waals surface area contributed by atoms with Crippen molar-refractivity contribution >= 4 is 17.6 Å². The average Bonchev–Trinajstić information content (AvgIpc) is 3.76. The second-order valence-corrected chi connectivity index (χ2v) is 10.3. The van der Waals surface area contributed by atoms with Gasteiger partial charge in [-0.05, 0) is 79.7 Å². The highest BCUT2D eigenvalue weighted by Crippen LogP contribution is 2.47. The van der Waals surface area contributed by atoms with E-state index >= 15 is 0 Å². The first kappa shape index (κ1) is 20.7. The molecular weight excluding hydrogens is 412 g/mol. The van der Waals surface area contributed by atoms with Gasteiger partial charge < -0.3 is 15.1 Å². The van der Waals surface area contributed by atoms with Crippen LogP contribution in [0.25, 0.3) is 0 Å². The van der Waals surface area contributed by atoms with Gasteiger partial charge in [-0.2, -0.15) is 0 Å². The number of carbonyl (C=O) groups is 2. The van der Waals surface area contributed by atoms with Crippen molar-refractivity contribution in [1.82, 2.24) is 15.2 Å². The lowest BCUT2D eigenvalue weighted by Crippen LogP contribution is -2.49. The molecule has 2 aliphatic heterocycles. The van der Waals surface area contributed by atoms with E-state index in [1.807, 2.05) is 36.1 Å². The summed E-state index contributed by atoms with van der Waals surface area (Å²) in [6.07, 6.45) is 8.06. The second-order valence-electron chi connectivity index (χ2n) is 10.3. The molecule has 0 bridgehead atoms. The maximum absolute atomic E-state index is 13.1. The average molecular weight is 445 g/mol. The zero-order valence-corrected chi connectivity index (χ0v) is 19.3. The molecule has 6 heteroatoms. The molecule has 1 aromatic carbocycles. The van der Waals surface area contributed by atoms with Crippen LogP contribution in [0.2, 0.25) is 0 Å². The van der Waals surface area contributed by atoms with Gasteiger partial charge in [-0.3, -0.25) is 9.59 Å². The summed E-state index contributed by atoms with van der Waals surface area (Å²) in [5, 5.41) is 2.97. The number of anilines is 1. The van der Waals surface area contributed by atoms with Gasteiger partial charge in [-0.15, -0.1) is 0 Å². The summed E-state index contributed by atoms with van der Waals surface area (Å²) < 4.78 is 0. The van der Waals surface area contributed by atoms with Crippen molar-refractivity contribution in [2.24, 2.45) is 0 Å². The van der Waals surface area contributed by atoms with Crippen molar-refractivity contribution < 1.29 is 9.59 Å². The second kappa shape index (κ2) is 8.15. The lowest BCUT2D eigenvalue weighted by molar-refractivity contribution is -0.120. The van der Waals surface area contributed by atoms with Gasteiger partial charge >= 0.3 is 0 Å². The van der Waals surface area contributed by atoms with Crippen molar-refractivity contribution in [3.8, 4) is 0 Å². The lowest BCUT2D eigenvalue weighted by atomic mass is 9.95. The Morgan fingerprint density at radius 1 is 0.970 bits per heavy atom. The third-order valence-electron chi connectivity index (χ3n) is 7.70. The molecule has 2 aromatic rings. The van der Waals surface area contributed by atoms with Gasteiger partial charge in [0.2, 0.25) is 5.91 Å². The van der Waals surface area contributed by atoms with Crippen LogP contribution < -0.4 is 10.2 Å². The number of rotatable bonds is 5. The van der Waals surface area contributed by atoms with E-state index in [1.165, 1.54) is 36.8 Å². The summed E-state index contributed by atoms with van der Waals surface area (Å²) in [7, 11) is 0. The summed E-state index contributed by atoms with van der Waals surface area (Å²) in [5.74, 6) is 2.60. The first-order valence-electron chi connectivity index (χ1n) is 12.5. The quantitative estimate of drug-likeness (QED) is 0.762. The fraction of sp³-hybridized carbons (Fsp3) is 0.519. The maximum atomic E-state index is 13.1. The third-order valence-corrected chi connectivity index (χ3v) is 7.70. The predicted octanol–water partition coefficient (Wildman–Crippen LogP) is 3.79. The van der Waals surface area contributed by atoms with Gasteiger partial charge in [0, 0.05) is 44.0 Å². The van der Waals surface area contributed by atoms with Gasteiger partial charge in [-0.1, -0.05) is 18.2 Å². The Morgan fingerprint density at radius 3 is 2.27 bits per heavy atom. The molecule has 172 valence electrons. The Bertz CT molecular complexity index is 1070. The number of carbonyl (C=O) groups excluding carboxylic acids is 2. The number of pyridine rings is 1. The minimum atomic E-state index is -0.104. The molecule has 1 N–H and O–H groups in total. The van der Waals surface area contributed by atoms with Gasteiger partial charge in [0.15, 0.2) is 0 Å². The number of nitrogens with zero attached hydrogens (tertiary/aromatic N) is 3. The summed E-state index contributed by atoms with van der Waals surface area (Å²) in [6, 6.07) is 10.3. The molecule has 6 nitrogen and oxygen atoms in total. The fourth-order valence-corrected chi connectivity index (χ4v) is 5.40. The van der Waals surface area contributed by atoms with E-state index in [4.69, 9.17) is 4.98 Å². The largest absolute Gasteiger partial charge is 0.353 e. The number of amides is 2. The molecule has 2 aliphatic carbocycles. The molecule has 4 fully saturated rings. The molecule has 2 amide bonds. The normalized spacial score (nSPS) is 25.3. The predicted molar refractivity (Wildman–Crippen MR) is 128 cm³/mol. The Morgan fingerprint density at radius 2 is 1.67 bits per heavy atom. The minimum Gasteiger partial charge on any atom is -0.353 e. The zero-order valence-electron chi connectivity index (χ0n) is 19.3. The van der Waals surface area contributed by atoms with Crippen LogP contribution in [0.4, 0.5) is 5.82 Å². The standard InChI is InChI=1S/C27H32N4O2/c1-17-14-24(26(32)29-17)20-6-8-21(9-7-20)27(33)31-12-10-30(11-13-31)25-23(19-4-5-19)15-22(16-28-25)18-2-3-18/h6-9,15-19,24H,2-5,10-14H2,1H3,(H,29,32)/t17?,24-/m0/s1. The Labute approximate surface area is 195 Å². The van der Waals surface area contributed by atoms with E-state index in [9.17, 15) is 9.59 Å². The monoisotopic (exact) mass is 444 g/mol. The van der Waals surface area contributed by atoms with Gasteiger partial charge in [0.25, 0.3) is 5.91 Å². The van der Waals surface area contributed by atoms with Crippen LogP contribution in [-0.2, 0) is 4.79 Å². The SMILES string of the molecule is CC1C[C@@H](c2ccc(C(=O)N3CCN(c4ncc(C5CC5)cc4C4CC4)CC3)cc2)C(=O)N1.